The van der Waals surface area contributed by atoms with Crippen LogP contribution in [-0.2, 0) is 0 Å². The Morgan fingerprint density at radius 2 is 2.11 bits per heavy atom. The molecule has 1 unspecified atom stereocenters. The second kappa shape index (κ2) is 5.65. The van der Waals surface area contributed by atoms with Crippen LogP contribution in [0.15, 0.2) is 5.18 Å². The number of nitrogens with zero attached hydrogens (tertiary/aromatic N) is 1. The molecule has 0 aromatic rings. The van der Waals surface area contributed by atoms with Crippen LogP contribution in [0.25, 0.3) is 0 Å². The Kier molecular flexibility index (Phi) is 5.35. The molecule has 0 bridgehead atoms. The van der Waals surface area contributed by atoms with Crippen LogP contribution in [0.2, 0.25) is 0 Å². The lowest BCUT2D eigenvalue weighted by Gasteiger charge is -2.05. The highest BCUT2D eigenvalue weighted by atomic mass is 16.3. The molecular formula is C5H11NO3. The van der Waals surface area contributed by atoms with E-state index in [9.17, 15) is 4.91 Å². The highest BCUT2D eigenvalue weighted by Crippen LogP contribution is 2.00. The molecule has 2 N–H and O–H groups in total. The number of hydrogen-bond donors (Lipinski definition) is 2. The van der Waals surface area contributed by atoms with Crippen LogP contribution in [0.1, 0.15) is 6.42 Å². The average Bonchev–Trinajstić information content (AvgIpc) is 1.88. The van der Waals surface area contributed by atoms with Crippen LogP contribution in [0.3, 0.4) is 0 Å². The van der Waals surface area contributed by atoms with E-state index in [0.29, 0.717) is 6.42 Å². The van der Waals surface area contributed by atoms with Crippen molar-refractivity contribution in [3.8, 4) is 0 Å². The van der Waals surface area contributed by atoms with Gasteiger partial charge in [0.2, 0.25) is 0 Å². The van der Waals surface area contributed by atoms with E-state index in [1.165, 1.54) is 0 Å². The molecule has 54 valence electrons. The van der Waals surface area contributed by atoms with E-state index in [2.05, 4.69) is 5.18 Å². The maximum Gasteiger partial charge on any atom is 0.0862 e. The molecule has 0 spiro atoms. The highest BCUT2D eigenvalue weighted by molar-refractivity contribution is 4.58. The van der Waals surface area contributed by atoms with Crippen LogP contribution in [0.5, 0.6) is 0 Å². The zero-order valence-corrected chi connectivity index (χ0v) is 5.16. The van der Waals surface area contributed by atoms with Gasteiger partial charge in [-0.3, -0.25) is 0 Å². The fraction of sp³-hybridized carbons (Fsp3) is 1.00. The van der Waals surface area contributed by atoms with Crippen molar-refractivity contribution in [1.29, 1.82) is 0 Å². The van der Waals surface area contributed by atoms with E-state index in [4.69, 9.17) is 10.2 Å². The van der Waals surface area contributed by atoms with Crippen molar-refractivity contribution in [3.63, 3.8) is 0 Å². The van der Waals surface area contributed by atoms with Crippen LogP contribution >= 0.6 is 0 Å². The summed E-state index contributed by atoms with van der Waals surface area (Å²) in [6, 6.07) is 0. The molecule has 0 saturated carbocycles. The molecule has 0 fully saturated rings. The van der Waals surface area contributed by atoms with Gasteiger partial charge in [-0.2, -0.15) is 4.91 Å². The van der Waals surface area contributed by atoms with Crippen molar-refractivity contribution < 1.29 is 10.2 Å². The molecular weight excluding hydrogens is 122 g/mol. The average molecular weight is 133 g/mol. The largest absolute Gasteiger partial charge is 0.396 e. The van der Waals surface area contributed by atoms with Crippen LogP contribution in [0.4, 0.5) is 0 Å². The van der Waals surface area contributed by atoms with Gasteiger partial charge in [0, 0.05) is 19.1 Å². The van der Waals surface area contributed by atoms with E-state index in [1.807, 2.05) is 0 Å². The molecule has 1 atom stereocenters. The second-order valence-electron chi connectivity index (χ2n) is 1.87. The Bertz CT molecular complexity index is 76.6. The maximum atomic E-state index is 9.61. The molecule has 0 aromatic carbocycles. The topological polar surface area (TPSA) is 69.9 Å². The molecule has 9 heavy (non-hydrogen) atoms. The van der Waals surface area contributed by atoms with Crippen molar-refractivity contribution >= 4 is 0 Å². The van der Waals surface area contributed by atoms with Crippen LogP contribution in [0, 0.1) is 10.8 Å². The lowest BCUT2D eigenvalue weighted by Crippen LogP contribution is -2.11. The summed E-state index contributed by atoms with van der Waals surface area (Å²) < 4.78 is 0. The summed E-state index contributed by atoms with van der Waals surface area (Å²) >= 11 is 0. The fourth-order valence-corrected chi connectivity index (χ4v) is 0.528. The number of nitroso groups, excluding NO2 is 1. The number of aliphatic hydroxyl groups is 2. The molecule has 4 nitrogen and oxygen atoms in total. The molecule has 0 aliphatic heterocycles. The first-order valence-electron chi connectivity index (χ1n) is 2.86. The highest BCUT2D eigenvalue weighted by Gasteiger charge is 2.04. The van der Waals surface area contributed by atoms with Gasteiger partial charge in [-0.05, 0) is 6.42 Å². The summed E-state index contributed by atoms with van der Waals surface area (Å²) in [4.78, 5) is 9.61. The monoisotopic (exact) mass is 133 g/mol. The van der Waals surface area contributed by atoms with Crippen molar-refractivity contribution in [3.05, 3.63) is 4.91 Å². The van der Waals surface area contributed by atoms with Crippen LogP contribution in [-0.4, -0.2) is 30.0 Å². The van der Waals surface area contributed by atoms with Gasteiger partial charge >= 0.3 is 0 Å². The zero-order valence-electron chi connectivity index (χ0n) is 5.16. The third-order valence-electron chi connectivity index (χ3n) is 1.13. The van der Waals surface area contributed by atoms with E-state index < -0.39 is 0 Å². The van der Waals surface area contributed by atoms with E-state index in [-0.39, 0.29) is 25.7 Å². The molecule has 4 heteroatoms. The smallest absolute Gasteiger partial charge is 0.0862 e. The minimum absolute atomic E-state index is 0.000741. The standard InChI is InChI=1S/C5H11NO3/c7-2-1-5(4-8)3-6-9/h5,7-8H,1-4H2. The predicted molar refractivity (Wildman–Crippen MR) is 32.9 cm³/mol. The van der Waals surface area contributed by atoms with E-state index >= 15 is 0 Å². The van der Waals surface area contributed by atoms with Gasteiger partial charge in [0.1, 0.15) is 0 Å². The normalized spacial score (nSPS) is 13.1. The lowest BCUT2D eigenvalue weighted by molar-refractivity contribution is 0.187. The molecule has 0 radical (unpaired) electrons. The van der Waals surface area contributed by atoms with Crippen LogP contribution < -0.4 is 0 Å². The van der Waals surface area contributed by atoms with Gasteiger partial charge in [0.25, 0.3) is 0 Å². The van der Waals surface area contributed by atoms with Crippen molar-refractivity contribution in [1.82, 2.24) is 0 Å². The molecule has 0 saturated heterocycles. The zero-order chi connectivity index (χ0) is 7.11. The summed E-state index contributed by atoms with van der Waals surface area (Å²) in [7, 11) is 0. The second-order valence-corrected chi connectivity index (χ2v) is 1.87. The summed E-state index contributed by atoms with van der Waals surface area (Å²) in [5, 5.41) is 19.4. The van der Waals surface area contributed by atoms with Gasteiger partial charge < -0.3 is 10.2 Å². The van der Waals surface area contributed by atoms with E-state index in [1.54, 1.807) is 0 Å². The maximum absolute atomic E-state index is 9.61. The quantitative estimate of drug-likeness (QED) is 0.508. The Hall–Kier alpha value is -0.480. The van der Waals surface area contributed by atoms with Gasteiger partial charge in [-0.15, -0.1) is 0 Å². The first-order chi connectivity index (χ1) is 4.35. The van der Waals surface area contributed by atoms with E-state index in [0.717, 1.165) is 0 Å². The Morgan fingerprint density at radius 3 is 2.44 bits per heavy atom. The first kappa shape index (κ1) is 8.52. The summed E-state index contributed by atoms with van der Waals surface area (Å²) in [6.45, 7) is 0.0180. The minimum atomic E-state index is -0.160. The predicted octanol–water partition coefficient (Wildman–Crippen LogP) is -0.256. The summed E-state index contributed by atoms with van der Waals surface area (Å²) in [6.07, 6.45) is 0.447. The summed E-state index contributed by atoms with van der Waals surface area (Å²) in [5.74, 6) is -0.160. The third-order valence-corrected chi connectivity index (χ3v) is 1.13. The van der Waals surface area contributed by atoms with Crippen molar-refractivity contribution in [2.45, 2.75) is 6.42 Å². The molecule has 0 aliphatic rings. The van der Waals surface area contributed by atoms with Gasteiger partial charge in [0.05, 0.1) is 6.54 Å². The SMILES string of the molecule is O=NCC(CO)CCO. The Balaban J connectivity index is 3.28. The number of rotatable bonds is 5. The Morgan fingerprint density at radius 1 is 1.44 bits per heavy atom. The van der Waals surface area contributed by atoms with Gasteiger partial charge in [-0.1, -0.05) is 5.18 Å². The molecule has 0 amide bonds. The van der Waals surface area contributed by atoms with Crippen molar-refractivity contribution in [2.24, 2.45) is 11.1 Å². The molecule has 0 aromatic heterocycles. The molecule has 0 rings (SSSR count). The van der Waals surface area contributed by atoms with Gasteiger partial charge in [0.15, 0.2) is 0 Å². The molecule has 0 heterocycles. The number of aliphatic hydroxyl groups excluding tert-OH is 2. The summed E-state index contributed by atoms with van der Waals surface area (Å²) in [5.41, 5.74) is 0. The third kappa shape index (κ3) is 4.05. The van der Waals surface area contributed by atoms with Gasteiger partial charge in [-0.25, -0.2) is 0 Å². The number of hydrogen-bond acceptors (Lipinski definition) is 4. The lowest BCUT2D eigenvalue weighted by atomic mass is 10.1. The first-order valence-corrected chi connectivity index (χ1v) is 2.86. The Labute approximate surface area is 53.5 Å². The fourth-order valence-electron chi connectivity index (χ4n) is 0.528. The molecule has 0 aliphatic carbocycles. The minimum Gasteiger partial charge on any atom is -0.396 e. The van der Waals surface area contributed by atoms with Crippen molar-refractivity contribution in [2.75, 3.05) is 19.8 Å².